The predicted octanol–water partition coefficient (Wildman–Crippen LogP) is 3.18. The van der Waals surface area contributed by atoms with Crippen molar-refractivity contribution in [2.75, 3.05) is 7.11 Å². The Morgan fingerprint density at radius 1 is 1.04 bits per heavy atom. The van der Waals surface area contributed by atoms with Crippen molar-refractivity contribution in [3.8, 4) is 34.1 Å². The van der Waals surface area contributed by atoms with Crippen molar-refractivity contribution in [3.05, 3.63) is 35.9 Å². The van der Waals surface area contributed by atoms with E-state index in [9.17, 15) is 20.4 Å². The standard InChI is InChI=1S/C18H22O5/c1-18(2,22)9-8-13-14(11-4-6-12(19)7-5-11)10-15(20)16(21)17(13)23-3/h4-7,10,19-22H,8-9H2,1-3H3. The first-order valence-corrected chi connectivity index (χ1v) is 7.36. The molecule has 5 nitrogen and oxygen atoms in total. The van der Waals surface area contributed by atoms with Gasteiger partial charge in [0.1, 0.15) is 5.75 Å². The van der Waals surface area contributed by atoms with E-state index in [1.165, 1.54) is 13.2 Å². The minimum Gasteiger partial charge on any atom is -0.508 e. The van der Waals surface area contributed by atoms with Crippen LogP contribution in [0, 0.1) is 0 Å². The lowest BCUT2D eigenvalue weighted by molar-refractivity contribution is 0.0712. The van der Waals surface area contributed by atoms with Gasteiger partial charge in [0.25, 0.3) is 0 Å². The van der Waals surface area contributed by atoms with Crippen LogP contribution in [0.5, 0.6) is 23.0 Å². The fourth-order valence-corrected chi connectivity index (χ4v) is 2.47. The van der Waals surface area contributed by atoms with E-state index in [-0.39, 0.29) is 23.0 Å². The van der Waals surface area contributed by atoms with Crippen LogP contribution < -0.4 is 4.74 Å². The first-order valence-electron chi connectivity index (χ1n) is 7.36. The summed E-state index contributed by atoms with van der Waals surface area (Å²) in [7, 11) is 1.42. The molecule has 2 aromatic carbocycles. The van der Waals surface area contributed by atoms with E-state index in [4.69, 9.17) is 4.74 Å². The van der Waals surface area contributed by atoms with Crippen molar-refractivity contribution in [2.24, 2.45) is 0 Å². The molecule has 0 aromatic heterocycles. The molecule has 0 heterocycles. The summed E-state index contributed by atoms with van der Waals surface area (Å²) >= 11 is 0. The number of aromatic hydroxyl groups is 3. The van der Waals surface area contributed by atoms with E-state index in [0.717, 1.165) is 5.56 Å². The lowest BCUT2D eigenvalue weighted by atomic mass is 9.91. The highest BCUT2D eigenvalue weighted by Crippen LogP contribution is 2.45. The van der Waals surface area contributed by atoms with E-state index in [1.807, 2.05) is 0 Å². The van der Waals surface area contributed by atoms with Crippen LogP contribution in [0.2, 0.25) is 0 Å². The van der Waals surface area contributed by atoms with E-state index in [1.54, 1.807) is 38.1 Å². The molecule has 0 spiro atoms. The Morgan fingerprint density at radius 2 is 1.65 bits per heavy atom. The third-order valence-electron chi connectivity index (χ3n) is 3.71. The summed E-state index contributed by atoms with van der Waals surface area (Å²) in [4.78, 5) is 0. The number of hydrogen-bond acceptors (Lipinski definition) is 5. The second-order valence-electron chi connectivity index (χ2n) is 6.16. The van der Waals surface area contributed by atoms with Gasteiger partial charge in [-0.2, -0.15) is 0 Å². The number of ether oxygens (including phenoxy) is 1. The molecule has 2 aromatic rings. The van der Waals surface area contributed by atoms with Crippen molar-refractivity contribution in [3.63, 3.8) is 0 Å². The number of phenolic OH excluding ortho intramolecular Hbond substituents is 3. The zero-order valence-corrected chi connectivity index (χ0v) is 13.5. The Kier molecular flexibility index (Phi) is 4.71. The Hall–Kier alpha value is -2.40. The maximum absolute atomic E-state index is 10.0. The smallest absolute Gasteiger partial charge is 0.200 e. The Bertz CT molecular complexity index is 684. The highest BCUT2D eigenvalue weighted by molar-refractivity contribution is 5.75. The highest BCUT2D eigenvalue weighted by Gasteiger charge is 2.22. The van der Waals surface area contributed by atoms with Crippen LogP contribution in [0.4, 0.5) is 0 Å². The van der Waals surface area contributed by atoms with Crippen LogP contribution in [0.1, 0.15) is 25.8 Å². The van der Waals surface area contributed by atoms with Gasteiger partial charge in [0.2, 0.25) is 5.75 Å². The molecule has 0 aliphatic rings. The highest BCUT2D eigenvalue weighted by atomic mass is 16.5. The van der Waals surface area contributed by atoms with E-state index in [2.05, 4.69) is 0 Å². The molecule has 5 heteroatoms. The Morgan fingerprint density at radius 3 is 2.17 bits per heavy atom. The van der Waals surface area contributed by atoms with Gasteiger partial charge in [0, 0.05) is 5.56 Å². The third-order valence-corrected chi connectivity index (χ3v) is 3.71. The molecule has 0 radical (unpaired) electrons. The number of phenols is 3. The summed E-state index contributed by atoms with van der Waals surface area (Å²) in [5.41, 5.74) is 1.27. The first kappa shape index (κ1) is 17.0. The molecule has 0 saturated heterocycles. The largest absolute Gasteiger partial charge is 0.508 e. The van der Waals surface area contributed by atoms with Crippen molar-refractivity contribution in [2.45, 2.75) is 32.3 Å². The molecule has 0 amide bonds. The molecule has 0 unspecified atom stereocenters. The van der Waals surface area contributed by atoms with Gasteiger partial charge < -0.3 is 25.2 Å². The van der Waals surface area contributed by atoms with Crippen LogP contribution in [0.15, 0.2) is 30.3 Å². The quantitative estimate of drug-likeness (QED) is 0.636. The maximum atomic E-state index is 10.0. The second-order valence-corrected chi connectivity index (χ2v) is 6.16. The molecule has 0 aliphatic heterocycles. The normalized spacial score (nSPS) is 11.5. The molecule has 4 N–H and O–H groups in total. The fourth-order valence-electron chi connectivity index (χ4n) is 2.47. The number of hydrogen-bond donors (Lipinski definition) is 4. The van der Waals surface area contributed by atoms with Crippen LogP contribution >= 0.6 is 0 Å². The van der Waals surface area contributed by atoms with Crippen molar-refractivity contribution < 1.29 is 25.2 Å². The number of methoxy groups -OCH3 is 1. The summed E-state index contributed by atoms with van der Waals surface area (Å²) in [5.74, 6) is -0.267. The van der Waals surface area contributed by atoms with Gasteiger partial charge in [-0.3, -0.25) is 0 Å². The van der Waals surface area contributed by atoms with E-state index < -0.39 is 5.60 Å². The minimum atomic E-state index is -0.870. The number of aliphatic hydroxyl groups is 1. The van der Waals surface area contributed by atoms with Crippen LogP contribution in [-0.4, -0.2) is 33.1 Å². The lowest BCUT2D eigenvalue weighted by Gasteiger charge is -2.21. The van der Waals surface area contributed by atoms with Crippen molar-refractivity contribution >= 4 is 0 Å². The number of benzene rings is 2. The summed E-state index contributed by atoms with van der Waals surface area (Å²) in [5, 5.41) is 39.4. The fraction of sp³-hybridized carbons (Fsp3) is 0.333. The van der Waals surface area contributed by atoms with Gasteiger partial charge >= 0.3 is 0 Å². The molecule has 0 fully saturated rings. The van der Waals surface area contributed by atoms with Gasteiger partial charge in [-0.05, 0) is 56.0 Å². The van der Waals surface area contributed by atoms with Crippen LogP contribution in [-0.2, 0) is 6.42 Å². The van der Waals surface area contributed by atoms with Gasteiger partial charge in [-0.25, -0.2) is 0 Å². The number of rotatable bonds is 5. The molecular weight excluding hydrogens is 296 g/mol. The zero-order chi connectivity index (χ0) is 17.2. The van der Waals surface area contributed by atoms with Crippen molar-refractivity contribution in [1.82, 2.24) is 0 Å². The molecule has 124 valence electrons. The Balaban J connectivity index is 2.59. The van der Waals surface area contributed by atoms with Gasteiger partial charge in [-0.15, -0.1) is 0 Å². The van der Waals surface area contributed by atoms with Crippen LogP contribution in [0.3, 0.4) is 0 Å². The molecule has 0 bridgehead atoms. The van der Waals surface area contributed by atoms with Gasteiger partial charge in [0.15, 0.2) is 11.5 Å². The zero-order valence-electron chi connectivity index (χ0n) is 13.5. The molecule has 2 rings (SSSR count). The topological polar surface area (TPSA) is 90.2 Å². The monoisotopic (exact) mass is 318 g/mol. The van der Waals surface area contributed by atoms with Gasteiger partial charge in [0.05, 0.1) is 12.7 Å². The van der Waals surface area contributed by atoms with Gasteiger partial charge in [-0.1, -0.05) is 12.1 Å². The summed E-state index contributed by atoms with van der Waals surface area (Å²) in [6.45, 7) is 3.42. The average molecular weight is 318 g/mol. The SMILES string of the molecule is COc1c(O)c(O)cc(-c2ccc(O)cc2)c1CCC(C)(C)O. The molecule has 0 atom stereocenters. The molecule has 0 saturated carbocycles. The molecule has 23 heavy (non-hydrogen) atoms. The average Bonchev–Trinajstić information content (AvgIpc) is 2.48. The first-order chi connectivity index (χ1) is 10.7. The van der Waals surface area contributed by atoms with E-state index in [0.29, 0.717) is 24.0 Å². The summed E-state index contributed by atoms with van der Waals surface area (Å²) in [6, 6.07) is 7.99. The Labute approximate surface area is 135 Å². The second kappa shape index (κ2) is 6.38. The van der Waals surface area contributed by atoms with E-state index >= 15 is 0 Å². The minimum absolute atomic E-state index is 0.141. The van der Waals surface area contributed by atoms with Crippen molar-refractivity contribution in [1.29, 1.82) is 0 Å². The molecular formula is C18H22O5. The maximum Gasteiger partial charge on any atom is 0.200 e. The summed E-state index contributed by atoms with van der Waals surface area (Å²) in [6.07, 6.45) is 0.912. The third kappa shape index (κ3) is 3.87. The molecule has 0 aliphatic carbocycles. The summed E-state index contributed by atoms with van der Waals surface area (Å²) < 4.78 is 5.27. The predicted molar refractivity (Wildman–Crippen MR) is 88.0 cm³/mol. The van der Waals surface area contributed by atoms with Crippen LogP contribution in [0.25, 0.3) is 11.1 Å². The lowest BCUT2D eigenvalue weighted by Crippen LogP contribution is -2.19.